The van der Waals surface area contributed by atoms with Crippen molar-refractivity contribution in [2.24, 2.45) is 17.8 Å². The second-order valence-electron chi connectivity index (χ2n) is 9.37. The lowest BCUT2D eigenvalue weighted by Gasteiger charge is -2.41. The average Bonchev–Trinajstić information content (AvgIpc) is 2.85. The van der Waals surface area contributed by atoms with Gasteiger partial charge in [-0.1, -0.05) is 18.7 Å². The SMILES string of the molecule is C=C(C)C(=O)OC(C)(C)c1ccc(C(=O)OC2C3CC4CC(C[C@@H]2C4)C(=O)O3)cc1. The van der Waals surface area contributed by atoms with Crippen LogP contribution in [0.4, 0.5) is 0 Å². The third-order valence-corrected chi connectivity index (χ3v) is 6.59. The van der Waals surface area contributed by atoms with E-state index in [-0.39, 0.29) is 30.0 Å². The van der Waals surface area contributed by atoms with Crippen LogP contribution in [-0.4, -0.2) is 30.1 Å². The lowest BCUT2D eigenvalue weighted by atomic mass is 9.67. The van der Waals surface area contributed by atoms with Gasteiger partial charge in [0, 0.05) is 11.5 Å². The van der Waals surface area contributed by atoms with Crippen LogP contribution < -0.4 is 0 Å². The molecular weight excluding hydrogens is 384 g/mol. The molecule has 4 bridgehead atoms. The second kappa shape index (κ2) is 7.56. The van der Waals surface area contributed by atoms with Crippen LogP contribution in [0.15, 0.2) is 36.4 Å². The van der Waals surface area contributed by atoms with E-state index in [0.29, 0.717) is 17.1 Å². The maximum absolute atomic E-state index is 12.8. The summed E-state index contributed by atoms with van der Waals surface area (Å²) < 4.78 is 17.0. The molecule has 0 N–H and O–H groups in total. The van der Waals surface area contributed by atoms with Crippen LogP contribution in [0.5, 0.6) is 0 Å². The largest absolute Gasteiger partial charge is 0.458 e. The smallest absolute Gasteiger partial charge is 0.338 e. The van der Waals surface area contributed by atoms with Crippen molar-refractivity contribution in [2.45, 2.75) is 64.3 Å². The molecule has 1 aromatic carbocycles. The third kappa shape index (κ3) is 3.87. The van der Waals surface area contributed by atoms with E-state index >= 15 is 0 Å². The van der Waals surface area contributed by atoms with Crippen LogP contribution in [0.1, 0.15) is 62.4 Å². The number of fused-ring (bicyclic) bond motifs is 1. The fraction of sp³-hybridized carbons (Fsp3) is 0.542. The molecule has 4 unspecified atom stereocenters. The monoisotopic (exact) mass is 412 g/mol. The van der Waals surface area contributed by atoms with Crippen molar-refractivity contribution in [2.75, 3.05) is 0 Å². The minimum absolute atomic E-state index is 0.0501. The Kier molecular flexibility index (Phi) is 5.20. The fourth-order valence-electron chi connectivity index (χ4n) is 5.01. The molecule has 160 valence electrons. The predicted octanol–water partition coefficient (Wildman–Crippen LogP) is 3.93. The third-order valence-electron chi connectivity index (χ3n) is 6.59. The van der Waals surface area contributed by atoms with Gasteiger partial charge in [-0.3, -0.25) is 4.79 Å². The molecule has 5 atom stereocenters. The first kappa shape index (κ1) is 20.6. The lowest BCUT2D eigenvalue weighted by Crippen LogP contribution is -2.45. The standard InChI is InChI=1S/C24H28O6/c1-13(2)21(25)30-24(3,4)18-7-5-15(6-8-18)22(26)29-20-16-9-14-10-17(12-16)23(27)28-19(20)11-14/h5-8,14,16-17,19-20H,1,9-12H2,2-4H3/t14?,16-,17?,19?,20?/m0/s1. The molecule has 2 aliphatic carbocycles. The Morgan fingerprint density at radius 2 is 1.80 bits per heavy atom. The Morgan fingerprint density at radius 3 is 2.47 bits per heavy atom. The molecule has 0 amide bonds. The summed E-state index contributed by atoms with van der Waals surface area (Å²) in [7, 11) is 0. The summed E-state index contributed by atoms with van der Waals surface area (Å²) >= 11 is 0. The molecule has 2 heterocycles. The summed E-state index contributed by atoms with van der Waals surface area (Å²) in [5, 5.41) is 0. The van der Waals surface area contributed by atoms with Gasteiger partial charge in [0.25, 0.3) is 0 Å². The topological polar surface area (TPSA) is 78.9 Å². The van der Waals surface area contributed by atoms with Crippen LogP contribution in [-0.2, 0) is 29.4 Å². The van der Waals surface area contributed by atoms with E-state index in [1.807, 2.05) is 0 Å². The molecule has 2 aliphatic heterocycles. The van der Waals surface area contributed by atoms with Crippen molar-refractivity contribution in [1.82, 2.24) is 0 Å². The van der Waals surface area contributed by atoms with Crippen LogP contribution in [0.3, 0.4) is 0 Å². The molecule has 0 aromatic heterocycles. The molecular formula is C24H28O6. The van der Waals surface area contributed by atoms with Crippen molar-refractivity contribution in [1.29, 1.82) is 0 Å². The van der Waals surface area contributed by atoms with Crippen molar-refractivity contribution in [3.05, 3.63) is 47.5 Å². The molecule has 2 saturated carbocycles. The summed E-state index contributed by atoms with van der Waals surface area (Å²) in [5.41, 5.74) is 0.649. The van der Waals surface area contributed by atoms with Gasteiger partial charge in [0.1, 0.15) is 17.8 Å². The van der Waals surface area contributed by atoms with Gasteiger partial charge >= 0.3 is 17.9 Å². The number of carbonyl (C=O) groups excluding carboxylic acids is 3. The van der Waals surface area contributed by atoms with Crippen LogP contribution in [0.2, 0.25) is 0 Å². The number of rotatable bonds is 5. The van der Waals surface area contributed by atoms with Crippen LogP contribution >= 0.6 is 0 Å². The van der Waals surface area contributed by atoms with Crippen molar-refractivity contribution < 1.29 is 28.6 Å². The van der Waals surface area contributed by atoms with Gasteiger partial charge in [-0.05, 0) is 70.1 Å². The first-order valence-corrected chi connectivity index (χ1v) is 10.5. The minimum atomic E-state index is -0.855. The first-order chi connectivity index (χ1) is 14.1. The van der Waals surface area contributed by atoms with E-state index in [0.717, 1.165) is 31.2 Å². The molecule has 2 saturated heterocycles. The molecule has 0 spiro atoms. The van der Waals surface area contributed by atoms with E-state index in [4.69, 9.17) is 14.2 Å². The Morgan fingerprint density at radius 1 is 1.10 bits per heavy atom. The van der Waals surface area contributed by atoms with Gasteiger partial charge in [-0.2, -0.15) is 0 Å². The molecule has 1 aromatic rings. The van der Waals surface area contributed by atoms with Crippen molar-refractivity contribution in [3.63, 3.8) is 0 Å². The number of esters is 3. The van der Waals surface area contributed by atoms with Gasteiger partial charge in [0.2, 0.25) is 0 Å². The summed E-state index contributed by atoms with van der Waals surface area (Å²) in [6.45, 7) is 8.77. The van der Waals surface area contributed by atoms with Crippen LogP contribution in [0, 0.1) is 17.8 Å². The van der Waals surface area contributed by atoms with Gasteiger partial charge in [0.15, 0.2) is 0 Å². The lowest BCUT2D eigenvalue weighted by molar-refractivity contribution is -0.156. The minimum Gasteiger partial charge on any atom is -0.458 e. The van der Waals surface area contributed by atoms with E-state index in [2.05, 4.69) is 6.58 Å². The Bertz CT molecular complexity index is 883. The van der Waals surface area contributed by atoms with E-state index in [1.165, 1.54) is 0 Å². The highest BCUT2D eigenvalue weighted by Crippen LogP contribution is 2.48. The van der Waals surface area contributed by atoms with Crippen molar-refractivity contribution in [3.8, 4) is 0 Å². The van der Waals surface area contributed by atoms with Gasteiger partial charge < -0.3 is 14.2 Å². The summed E-state index contributed by atoms with van der Waals surface area (Å²) in [6.07, 6.45) is 2.69. The molecule has 4 aliphatic rings. The number of hydrogen-bond acceptors (Lipinski definition) is 6. The molecule has 6 heteroatoms. The predicted molar refractivity (Wildman–Crippen MR) is 108 cm³/mol. The summed E-state index contributed by atoms with van der Waals surface area (Å²) in [5.74, 6) is -0.401. The van der Waals surface area contributed by atoms with Crippen molar-refractivity contribution >= 4 is 17.9 Å². The number of hydrogen-bond donors (Lipinski definition) is 0. The normalized spacial score (nSPS) is 29.7. The molecule has 5 rings (SSSR count). The summed E-state index contributed by atoms with van der Waals surface area (Å²) in [6, 6.07) is 6.85. The van der Waals surface area contributed by atoms with E-state index in [9.17, 15) is 14.4 Å². The zero-order chi connectivity index (χ0) is 21.6. The quantitative estimate of drug-likeness (QED) is 0.414. The maximum Gasteiger partial charge on any atom is 0.338 e. The van der Waals surface area contributed by atoms with Gasteiger partial charge in [-0.15, -0.1) is 0 Å². The molecule has 0 radical (unpaired) electrons. The van der Waals surface area contributed by atoms with Crippen LogP contribution in [0.25, 0.3) is 0 Å². The molecule has 6 nitrogen and oxygen atoms in total. The molecule has 4 fully saturated rings. The highest BCUT2D eigenvalue weighted by Gasteiger charge is 2.51. The number of carbonyl (C=O) groups is 3. The highest BCUT2D eigenvalue weighted by atomic mass is 16.6. The Hall–Kier alpha value is -2.63. The maximum atomic E-state index is 12.8. The van der Waals surface area contributed by atoms with E-state index < -0.39 is 17.5 Å². The number of ether oxygens (including phenoxy) is 3. The fourth-order valence-corrected chi connectivity index (χ4v) is 5.01. The number of benzene rings is 1. The Labute approximate surface area is 176 Å². The second-order valence-corrected chi connectivity index (χ2v) is 9.37. The first-order valence-electron chi connectivity index (χ1n) is 10.5. The van der Waals surface area contributed by atoms with Gasteiger partial charge in [-0.25, -0.2) is 9.59 Å². The zero-order valence-electron chi connectivity index (χ0n) is 17.7. The zero-order valence-corrected chi connectivity index (χ0v) is 17.7. The average molecular weight is 412 g/mol. The Balaban J connectivity index is 1.45. The summed E-state index contributed by atoms with van der Waals surface area (Å²) in [4.78, 5) is 36.9. The van der Waals surface area contributed by atoms with Gasteiger partial charge in [0.05, 0.1) is 11.5 Å². The molecule has 30 heavy (non-hydrogen) atoms. The van der Waals surface area contributed by atoms with E-state index in [1.54, 1.807) is 45.0 Å². The highest BCUT2D eigenvalue weighted by molar-refractivity contribution is 5.90.